The maximum Gasteiger partial charge on any atom is 0.0714 e. The second kappa shape index (κ2) is 4.99. The zero-order valence-corrected chi connectivity index (χ0v) is 12.3. The van der Waals surface area contributed by atoms with E-state index in [9.17, 15) is 5.11 Å². The van der Waals surface area contributed by atoms with Gasteiger partial charge >= 0.3 is 0 Å². The molecule has 3 fully saturated rings. The second-order valence-corrected chi connectivity index (χ2v) is 8.33. The van der Waals surface area contributed by atoms with Gasteiger partial charge in [-0.05, 0) is 57.1 Å². The lowest BCUT2D eigenvalue weighted by Crippen LogP contribution is -2.47. The van der Waals surface area contributed by atoms with E-state index in [1.54, 1.807) is 0 Å². The predicted octanol–water partition coefficient (Wildman–Crippen LogP) is 3.37. The summed E-state index contributed by atoms with van der Waals surface area (Å²) in [7, 11) is 0. The summed E-state index contributed by atoms with van der Waals surface area (Å²) < 4.78 is 6.20. The fourth-order valence-corrected chi connectivity index (χ4v) is 5.64. The first-order valence-corrected chi connectivity index (χ1v) is 8.58. The van der Waals surface area contributed by atoms with Gasteiger partial charge in [-0.1, -0.05) is 12.8 Å². The SMILES string of the molecule is CC1(C(O)C2CCOC3(CCCC3)C2)CCCS1. The van der Waals surface area contributed by atoms with Crippen molar-refractivity contribution >= 4 is 11.8 Å². The van der Waals surface area contributed by atoms with Crippen LogP contribution in [0.25, 0.3) is 0 Å². The van der Waals surface area contributed by atoms with Crippen LogP contribution in [0.2, 0.25) is 0 Å². The zero-order chi connectivity index (χ0) is 12.6. The van der Waals surface area contributed by atoms with Crippen LogP contribution in [-0.4, -0.2) is 33.9 Å². The summed E-state index contributed by atoms with van der Waals surface area (Å²) in [6.45, 7) is 3.13. The van der Waals surface area contributed by atoms with Crippen LogP contribution in [0, 0.1) is 5.92 Å². The van der Waals surface area contributed by atoms with Gasteiger partial charge in [-0.15, -0.1) is 0 Å². The van der Waals surface area contributed by atoms with Crippen LogP contribution in [0.5, 0.6) is 0 Å². The minimum Gasteiger partial charge on any atom is -0.391 e. The van der Waals surface area contributed by atoms with E-state index in [2.05, 4.69) is 6.92 Å². The van der Waals surface area contributed by atoms with Crippen LogP contribution in [0.4, 0.5) is 0 Å². The molecule has 2 aliphatic heterocycles. The van der Waals surface area contributed by atoms with Gasteiger partial charge in [-0.2, -0.15) is 11.8 Å². The number of hydrogen-bond donors (Lipinski definition) is 1. The van der Waals surface area contributed by atoms with Crippen LogP contribution < -0.4 is 0 Å². The highest BCUT2D eigenvalue weighted by Gasteiger charge is 2.47. The first-order chi connectivity index (χ1) is 8.64. The molecule has 3 aliphatic rings. The average Bonchev–Trinajstić information content (AvgIpc) is 2.99. The van der Waals surface area contributed by atoms with Crippen molar-refractivity contribution in [2.24, 2.45) is 5.92 Å². The highest BCUT2D eigenvalue weighted by Crippen LogP contribution is 2.48. The van der Waals surface area contributed by atoms with Crippen LogP contribution in [-0.2, 0) is 4.74 Å². The molecule has 0 aromatic carbocycles. The molecule has 1 saturated carbocycles. The number of ether oxygens (including phenoxy) is 1. The molecule has 0 aromatic heterocycles. The Hall–Kier alpha value is 0.270. The zero-order valence-electron chi connectivity index (χ0n) is 11.5. The largest absolute Gasteiger partial charge is 0.391 e. The van der Waals surface area contributed by atoms with E-state index in [4.69, 9.17) is 4.74 Å². The Morgan fingerprint density at radius 2 is 2.00 bits per heavy atom. The Labute approximate surface area is 115 Å². The topological polar surface area (TPSA) is 29.5 Å². The van der Waals surface area contributed by atoms with Gasteiger partial charge in [0, 0.05) is 11.4 Å². The average molecular weight is 270 g/mol. The second-order valence-electron chi connectivity index (χ2n) is 6.70. The summed E-state index contributed by atoms with van der Waals surface area (Å²) in [5, 5.41) is 10.8. The normalized spacial score (nSPS) is 41.3. The molecule has 2 heterocycles. The first-order valence-electron chi connectivity index (χ1n) is 7.60. The Bertz CT molecular complexity index is 283. The van der Waals surface area contributed by atoms with Crippen molar-refractivity contribution in [3.63, 3.8) is 0 Å². The molecule has 2 saturated heterocycles. The van der Waals surface area contributed by atoms with Gasteiger partial charge in [0.05, 0.1) is 11.7 Å². The maximum absolute atomic E-state index is 10.8. The Morgan fingerprint density at radius 3 is 2.67 bits per heavy atom. The van der Waals surface area contributed by atoms with Gasteiger partial charge < -0.3 is 9.84 Å². The van der Waals surface area contributed by atoms with E-state index in [1.807, 2.05) is 11.8 Å². The number of aliphatic hydroxyl groups excluding tert-OH is 1. The summed E-state index contributed by atoms with van der Waals surface area (Å²) in [4.78, 5) is 0. The molecule has 2 nitrogen and oxygen atoms in total. The molecule has 0 bridgehead atoms. The van der Waals surface area contributed by atoms with Crippen molar-refractivity contribution in [2.75, 3.05) is 12.4 Å². The van der Waals surface area contributed by atoms with Crippen LogP contribution in [0.1, 0.15) is 58.3 Å². The van der Waals surface area contributed by atoms with E-state index in [1.165, 1.54) is 44.3 Å². The third kappa shape index (κ3) is 2.34. The number of hydrogen-bond acceptors (Lipinski definition) is 3. The summed E-state index contributed by atoms with van der Waals surface area (Å²) in [6, 6.07) is 0. The molecule has 18 heavy (non-hydrogen) atoms. The van der Waals surface area contributed by atoms with E-state index in [0.29, 0.717) is 5.92 Å². The molecular weight excluding hydrogens is 244 g/mol. The minimum atomic E-state index is -0.133. The molecule has 1 N–H and O–H groups in total. The summed E-state index contributed by atoms with van der Waals surface area (Å²) >= 11 is 1.99. The van der Waals surface area contributed by atoms with E-state index >= 15 is 0 Å². The number of thioether (sulfide) groups is 1. The van der Waals surface area contributed by atoms with Crippen molar-refractivity contribution in [3.8, 4) is 0 Å². The quantitative estimate of drug-likeness (QED) is 0.834. The fourth-order valence-electron chi connectivity index (χ4n) is 4.24. The lowest BCUT2D eigenvalue weighted by Gasteiger charge is -2.43. The first kappa shape index (κ1) is 13.3. The van der Waals surface area contributed by atoms with E-state index in [-0.39, 0.29) is 16.5 Å². The molecule has 0 amide bonds. The molecule has 1 spiro atoms. The Morgan fingerprint density at radius 1 is 1.22 bits per heavy atom. The van der Waals surface area contributed by atoms with Gasteiger partial charge in [0.25, 0.3) is 0 Å². The fraction of sp³-hybridized carbons (Fsp3) is 1.00. The van der Waals surface area contributed by atoms with Gasteiger partial charge in [-0.25, -0.2) is 0 Å². The molecule has 104 valence electrons. The predicted molar refractivity (Wildman–Crippen MR) is 76.0 cm³/mol. The van der Waals surface area contributed by atoms with Crippen molar-refractivity contribution in [1.82, 2.24) is 0 Å². The molecular formula is C15H26O2S. The van der Waals surface area contributed by atoms with Crippen molar-refractivity contribution in [1.29, 1.82) is 0 Å². The Balaban J connectivity index is 1.68. The molecule has 3 heteroatoms. The molecule has 3 rings (SSSR count). The Kier molecular flexibility index (Phi) is 3.68. The third-order valence-electron chi connectivity index (χ3n) is 5.37. The van der Waals surface area contributed by atoms with Gasteiger partial charge in [-0.3, -0.25) is 0 Å². The summed E-state index contributed by atoms with van der Waals surface area (Å²) in [5.41, 5.74) is 0.142. The van der Waals surface area contributed by atoms with Crippen LogP contribution >= 0.6 is 11.8 Å². The van der Waals surface area contributed by atoms with E-state index in [0.717, 1.165) is 19.4 Å². The van der Waals surface area contributed by atoms with Crippen molar-refractivity contribution in [3.05, 3.63) is 0 Å². The number of aliphatic hydroxyl groups is 1. The lowest BCUT2D eigenvalue weighted by molar-refractivity contribution is -0.116. The highest BCUT2D eigenvalue weighted by atomic mass is 32.2. The third-order valence-corrected chi connectivity index (χ3v) is 6.97. The van der Waals surface area contributed by atoms with Crippen LogP contribution in [0.3, 0.4) is 0 Å². The van der Waals surface area contributed by atoms with Gasteiger partial charge in [0.1, 0.15) is 0 Å². The van der Waals surface area contributed by atoms with E-state index < -0.39 is 0 Å². The smallest absolute Gasteiger partial charge is 0.0714 e. The summed E-state index contributed by atoms with van der Waals surface area (Å²) in [5.74, 6) is 1.69. The molecule has 3 atom stereocenters. The maximum atomic E-state index is 10.8. The van der Waals surface area contributed by atoms with Crippen molar-refractivity contribution < 1.29 is 9.84 Å². The van der Waals surface area contributed by atoms with Gasteiger partial charge in [0.2, 0.25) is 0 Å². The number of rotatable bonds is 2. The van der Waals surface area contributed by atoms with Crippen molar-refractivity contribution in [2.45, 2.75) is 74.7 Å². The minimum absolute atomic E-state index is 0.113. The monoisotopic (exact) mass is 270 g/mol. The lowest BCUT2D eigenvalue weighted by atomic mass is 9.77. The summed E-state index contributed by atoms with van der Waals surface area (Å²) in [6.07, 6.45) is 9.55. The molecule has 1 aliphatic carbocycles. The van der Waals surface area contributed by atoms with Crippen LogP contribution in [0.15, 0.2) is 0 Å². The molecule has 0 aromatic rings. The molecule has 0 radical (unpaired) electrons. The van der Waals surface area contributed by atoms with Gasteiger partial charge in [0.15, 0.2) is 0 Å². The standard InChI is InChI=1S/C15H26O2S/c1-14(6-4-10-18-14)13(16)12-5-9-17-15(11-12)7-2-3-8-15/h12-13,16H,2-11H2,1H3. The molecule has 3 unspecified atom stereocenters. The highest BCUT2D eigenvalue weighted by molar-refractivity contribution is 8.00.